The fraction of sp³-hybridized carbons (Fsp3) is 0.533. The van der Waals surface area contributed by atoms with E-state index in [0.29, 0.717) is 45.0 Å². The first kappa shape index (κ1) is 16.4. The van der Waals surface area contributed by atoms with Gasteiger partial charge in [0.25, 0.3) is 5.91 Å². The normalized spacial score (nSPS) is 20.3. The van der Waals surface area contributed by atoms with Crippen LogP contribution in [0.2, 0.25) is 0 Å². The fourth-order valence-corrected chi connectivity index (χ4v) is 4.15. The summed E-state index contributed by atoms with van der Waals surface area (Å²) in [6.07, 6.45) is 0. The van der Waals surface area contributed by atoms with Crippen LogP contribution in [0.4, 0.5) is 0 Å². The minimum atomic E-state index is -3.53. The quantitative estimate of drug-likeness (QED) is 0.818. The molecule has 2 aliphatic heterocycles. The molecule has 0 bridgehead atoms. The number of carbonyl (C=O) groups is 1. The standard InChI is InChI=1S/C15H20N2O5S/c18-11-12-9-16(10-12)15(19)13-1-3-14(4-2-13)23(20,21)17-5-7-22-8-6-17/h1-4,12,18H,5-11H2. The predicted octanol–water partition coefficient (Wildman–Crippen LogP) is -0.228. The average molecular weight is 340 g/mol. The zero-order valence-corrected chi connectivity index (χ0v) is 13.5. The van der Waals surface area contributed by atoms with Gasteiger partial charge in [-0.1, -0.05) is 0 Å². The number of carbonyl (C=O) groups excluding carboxylic acids is 1. The van der Waals surface area contributed by atoms with Crippen LogP contribution >= 0.6 is 0 Å². The average Bonchev–Trinajstić information content (AvgIpc) is 2.55. The third kappa shape index (κ3) is 3.25. The van der Waals surface area contributed by atoms with Gasteiger partial charge in [-0.2, -0.15) is 4.31 Å². The molecule has 2 saturated heterocycles. The lowest BCUT2D eigenvalue weighted by atomic mass is 10.00. The molecule has 0 radical (unpaired) electrons. The van der Waals surface area contributed by atoms with Crippen molar-refractivity contribution in [2.45, 2.75) is 4.90 Å². The number of ether oxygens (including phenoxy) is 1. The maximum atomic E-state index is 12.5. The predicted molar refractivity (Wildman–Crippen MR) is 82.5 cm³/mol. The van der Waals surface area contributed by atoms with Crippen LogP contribution in [0.25, 0.3) is 0 Å². The van der Waals surface area contributed by atoms with Crippen LogP contribution in [0, 0.1) is 5.92 Å². The molecule has 3 rings (SSSR count). The van der Waals surface area contributed by atoms with E-state index in [2.05, 4.69) is 0 Å². The maximum absolute atomic E-state index is 12.5. The van der Waals surface area contributed by atoms with E-state index in [-0.39, 0.29) is 23.3 Å². The number of rotatable bonds is 4. The zero-order chi connectivity index (χ0) is 16.4. The number of aliphatic hydroxyl groups is 1. The second-order valence-electron chi connectivity index (χ2n) is 5.80. The van der Waals surface area contributed by atoms with E-state index in [0.717, 1.165) is 0 Å². The van der Waals surface area contributed by atoms with Crippen molar-refractivity contribution in [2.24, 2.45) is 5.92 Å². The second kappa shape index (κ2) is 6.56. The van der Waals surface area contributed by atoms with Crippen LogP contribution in [-0.2, 0) is 14.8 Å². The Morgan fingerprint density at radius 2 is 1.78 bits per heavy atom. The lowest BCUT2D eigenvalue weighted by Gasteiger charge is -2.38. The van der Waals surface area contributed by atoms with E-state index in [1.807, 2.05) is 0 Å². The summed E-state index contributed by atoms with van der Waals surface area (Å²) in [5.74, 6) is 0.0185. The minimum absolute atomic E-state index is 0.0838. The molecule has 1 N–H and O–H groups in total. The number of hydrogen-bond acceptors (Lipinski definition) is 5. The number of amides is 1. The lowest BCUT2D eigenvalue weighted by Crippen LogP contribution is -2.51. The summed E-state index contributed by atoms with van der Waals surface area (Å²) in [6.45, 7) is 2.67. The smallest absolute Gasteiger partial charge is 0.253 e. The highest BCUT2D eigenvalue weighted by atomic mass is 32.2. The SMILES string of the molecule is O=C(c1ccc(S(=O)(=O)N2CCOCC2)cc1)N1CC(CO)C1. The summed E-state index contributed by atoms with van der Waals surface area (Å²) in [4.78, 5) is 14.1. The number of sulfonamides is 1. The van der Waals surface area contributed by atoms with Crippen molar-refractivity contribution in [3.63, 3.8) is 0 Å². The molecule has 2 aliphatic rings. The molecule has 2 fully saturated rings. The largest absolute Gasteiger partial charge is 0.396 e. The maximum Gasteiger partial charge on any atom is 0.253 e. The zero-order valence-electron chi connectivity index (χ0n) is 12.7. The van der Waals surface area contributed by atoms with Crippen molar-refractivity contribution in [3.8, 4) is 0 Å². The molecular weight excluding hydrogens is 320 g/mol. The van der Waals surface area contributed by atoms with Gasteiger partial charge in [-0.15, -0.1) is 0 Å². The number of likely N-dealkylation sites (tertiary alicyclic amines) is 1. The lowest BCUT2D eigenvalue weighted by molar-refractivity contribution is 0.0362. The van der Waals surface area contributed by atoms with E-state index in [1.165, 1.54) is 16.4 Å². The second-order valence-corrected chi connectivity index (χ2v) is 7.74. The minimum Gasteiger partial charge on any atom is -0.396 e. The van der Waals surface area contributed by atoms with Crippen LogP contribution in [-0.4, -0.2) is 74.6 Å². The molecule has 7 nitrogen and oxygen atoms in total. The summed E-state index contributed by atoms with van der Waals surface area (Å²) in [5, 5.41) is 8.99. The summed E-state index contributed by atoms with van der Waals surface area (Å²) in [7, 11) is -3.53. The highest BCUT2D eigenvalue weighted by Crippen LogP contribution is 2.21. The number of morpholine rings is 1. The summed E-state index contributed by atoms with van der Waals surface area (Å²) in [6, 6.07) is 6.03. The van der Waals surface area contributed by atoms with Gasteiger partial charge >= 0.3 is 0 Å². The van der Waals surface area contributed by atoms with Crippen LogP contribution in [0.1, 0.15) is 10.4 Å². The van der Waals surface area contributed by atoms with Crippen molar-refractivity contribution >= 4 is 15.9 Å². The number of hydrogen-bond donors (Lipinski definition) is 1. The molecule has 126 valence electrons. The van der Waals surface area contributed by atoms with Gasteiger partial charge in [-0.05, 0) is 24.3 Å². The topological polar surface area (TPSA) is 87.2 Å². The summed E-state index contributed by atoms with van der Waals surface area (Å²) in [5.41, 5.74) is 0.460. The molecular formula is C15H20N2O5S. The van der Waals surface area contributed by atoms with Gasteiger partial charge in [0.1, 0.15) is 0 Å². The number of nitrogens with zero attached hydrogens (tertiary/aromatic N) is 2. The Kier molecular flexibility index (Phi) is 4.67. The van der Waals surface area contributed by atoms with Gasteiger partial charge in [0.2, 0.25) is 10.0 Å². The van der Waals surface area contributed by atoms with Gasteiger partial charge in [-0.3, -0.25) is 4.79 Å². The third-order valence-electron chi connectivity index (χ3n) is 4.21. The Bertz CT molecular complexity index is 662. The first-order valence-electron chi connectivity index (χ1n) is 7.60. The molecule has 0 unspecified atom stereocenters. The fourth-order valence-electron chi connectivity index (χ4n) is 2.74. The Morgan fingerprint density at radius 1 is 1.17 bits per heavy atom. The highest BCUT2D eigenvalue weighted by molar-refractivity contribution is 7.89. The molecule has 0 spiro atoms. The monoisotopic (exact) mass is 340 g/mol. The molecule has 1 amide bonds. The Morgan fingerprint density at radius 3 is 2.35 bits per heavy atom. The molecule has 0 aromatic heterocycles. The van der Waals surface area contributed by atoms with E-state index in [4.69, 9.17) is 9.84 Å². The molecule has 8 heteroatoms. The van der Waals surface area contributed by atoms with Crippen molar-refractivity contribution in [2.75, 3.05) is 46.0 Å². The van der Waals surface area contributed by atoms with Crippen LogP contribution < -0.4 is 0 Å². The summed E-state index contributed by atoms with van der Waals surface area (Å²) < 4.78 is 31.6. The summed E-state index contributed by atoms with van der Waals surface area (Å²) >= 11 is 0. The molecule has 23 heavy (non-hydrogen) atoms. The van der Waals surface area contributed by atoms with Gasteiger partial charge in [-0.25, -0.2) is 8.42 Å². The van der Waals surface area contributed by atoms with Gasteiger partial charge in [0, 0.05) is 44.3 Å². The molecule has 0 saturated carbocycles. The van der Waals surface area contributed by atoms with E-state index < -0.39 is 10.0 Å². The molecule has 1 aromatic rings. The molecule has 0 atom stereocenters. The Labute approximate surface area is 135 Å². The van der Waals surface area contributed by atoms with Crippen molar-refractivity contribution in [1.29, 1.82) is 0 Å². The van der Waals surface area contributed by atoms with Crippen molar-refractivity contribution in [3.05, 3.63) is 29.8 Å². The first-order chi connectivity index (χ1) is 11.0. The van der Waals surface area contributed by atoms with Gasteiger partial charge in [0.15, 0.2) is 0 Å². The third-order valence-corrected chi connectivity index (χ3v) is 6.12. The first-order valence-corrected chi connectivity index (χ1v) is 9.04. The Hall–Kier alpha value is -1.48. The highest BCUT2D eigenvalue weighted by Gasteiger charge is 2.31. The molecule has 0 aliphatic carbocycles. The van der Waals surface area contributed by atoms with Crippen molar-refractivity contribution in [1.82, 2.24) is 9.21 Å². The van der Waals surface area contributed by atoms with E-state index in [9.17, 15) is 13.2 Å². The van der Waals surface area contributed by atoms with Gasteiger partial charge < -0.3 is 14.7 Å². The van der Waals surface area contributed by atoms with Gasteiger partial charge in [0.05, 0.1) is 18.1 Å². The van der Waals surface area contributed by atoms with Crippen molar-refractivity contribution < 1.29 is 23.1 Å². The number of benzene rings is 1. The van der Waals surface area contributed by atoms with E-state index >= 15 is 0 Å². The van der Waals surface area contributed by atoms with Crippen LogP contribution in [0.5, 0.6) is 0 Å². The molecule has 1 aromatic carbocycles. The van der Waals surface area contributed by atoms with Crippen LogP contribution in [0.3, 0.4) is 0 Å². The molecule has 2 heterocycles. The van der Waals surface area contributed by atoms with Crippen LogP contribution in [0.15, 0.2) is 29.2 Å². The Balaban J connectivity index is 1.70. The van der Waals surface area contributed by atoms with E-state index in [1.54, 1.807) is 17.0 Å². The number of aliphatic hydroxyl groups excluding tert-OH is 1.